The molecule has 5 heteroatoms. The second kappa shape index (κ2) is 8.39. The van der Waals surface area contributed by atoms with Gasteiger partial charge in [0.1, 0.15) is 6.61 Å². The van der Waals surface area contributed by atoms with Crippen LogP contribution < -0.4 is 5.32 Å². The van der Waals surface area contributed by atoms with Gasteiger partial charge >= 0.3 is 0 Å². The first-order chi connectivity index (χ1) is 9.74. The summed E-state index contributed by atoms with van der Waals surface area (Å²) in [6.45, 7) is 4.23. The van der Waals surface area contributed by atoms with Crippen LogP contribution >= 0.6 is 11.3 Å². The van der Waals surface area contributed by atoms with Gasteiger partial charge in [-0.15, -0.1) is 11.3 Å². The van der Waals surface area contributed by atoms with Crippen molar-refractivity contribution in [2.45, 2.75) is 38.7 Å². The predicted octanol–water partition coefficient (Wildman–Crippen LogP) is 2.30. The fourth-order valence-corrected chi connectivity index (χ4v) is 3.11. The van der Waals surface area contributed by atoms with Crippen LogP contribution in [0.15, 0.2) is 12.1 Å². The van der Waals surface area contributed by atoms with Crippen LogP contribution in [0.2, 0.25) is 0 Å². The maximum atomic E-state index is 11.6. The first-order valence-corrected chi connectivity index (χ1v) is 8.07. The molecule has 1 atom stereocenters. The number of rotatable bonds is 7. The summed E-state index contributed by atoms with van der Waals surface area (Å²) in [5.74, 6) is -0.0471. The van der Waals surface area contributed by atoms with Gasteiger partial charge in [-0.05, 0) is 44.7 Å². The van der Waals surface area contributed by atoms with Crippen molar-refractivity contribution >= 4 is 17.2 Å². The van der Waals surface area contributed by atoms with Gasteiger partial charge in [0.15, 0.2) is 0 Å². The third-order valence-electron chi connectivity index (χ3n) is 3.30. The van der Waals surface area contributed by atoms with Crippen LogP contribution in [0.25, 0.3) is 0 Å². The molecule has 0 spiro atoms. The average molecular weight is 297 g/mol. The molecule has 1 aliphatic heterocycles. The lowest BCUT2D eigenvalue weighted by Gasteiger charge is -2.22. The van der Waals surface area contributed by atoms with E-state index < -0.39 is 0 Å². The van der Waals surface area contributed by atoms with Crippen molar-refractivity contribution in [2.75, 3.05) is 26.4 Å². The molecule has 0 aliphatic carbocycles. The number of carbonyl (C=O) groups is 1. The summed E-state index contributed by atoms with van der Waals surface area (Å²) in [7, 11) is 0. The van der Waals surface area contributed by atoms with E-state index in [1.165, 1.54) is 16.2 Å². The van der Waals surface area contributed by atoms with Gasteiger partial charge in [0.05, 0.1) is 12.7 Å². The Morgan fingerprint density at radius 3 is 3.10 bits per heavy atom. The van der Waals surface area contributed by atoms with Crippen LogP contribution in [0.5, 0.6) is 0 Å². The summed E-state index contributed by atoms with van der Waals surface area (Å²) in [6.07, 6.45) is 4.43. The molecular formula is C15H23NO3S. The van der Waals surface area contributed by atoms with Crippen LogP contribution in [0.1, 0.15) is 29.0 Å². The second-order valence-electron chi connectivity index (χ2n) is 5.12. The number of amides is 1. The third kappa shape index (κ3) is 5.61. The van der Waals surface area contributed by atoms with Crippen LogP contribution in [-0.4, -0.2) is 38.4 Å². The van der Waals surface area contributed by atoms with E-state index in [4.69, 9.17) is 9.47 Å². The van der Waals surface area contributed by atoms with Crippen molar-refractivity contribution in [1.82, 2.24) is 5.32 Å². The summed E-state index contributed by atoms with van der Waals surface area (Å²) in [5, 5.41) is 2.88. The van der Waals surface area contributed by atoms with Crippen molar-refractivity contribution < 1.29 is 14.3 Å². The van der Waals surface area contributed by atoms with Gasteiger partial charge in [-0.3, -0.25) is 4.79 Å². The van der Waals surface area contributed by atoms with E-state index in [-0.39, 0.29) is 18.6 Å². The monoisotopic (exact) mass is 297 g/mol. The van der Waals surface area contributed by atoms with E-state index in [1.54, 1.807) is 11.3 Å². The zero-order chi connectivity index (χ0) is 14.2. The standard InChI is InChI=1S/C15H23NO3S/c1-12-5-6-14(20-12)7-8-16-15(17)11-18-10-13-4-2-3-9-19-13/h5-6,13H,2-4,7-11H2,1H3,(H,16,17)/t13-/m1/s1. The summed E-state index contributed by atoms with van der Waals surface area (Å²) in [6, 6.07) is 4.22. The highest BCUT2D eigenvalue weighted by Crippen LogP contribution is 2.15. The van der Waals surface area contributed by atoms with E-state index in [2.05, 4.69) is 24.4 Å². The molecule has 2 rings (SSSR count). The van der Waals surface area contributed by atoms with Crippen molar-refractivity contribution in [1.29, 1.82) is 0 Å². The molecule has 112 valence electrons. The van der Waals surface area contributed by atoms with E-state index in [9.17, 15) is 4.79 Å². The van der Waals surface area contributed by atoms with Gasteiger partial charge < -0.3 is 14.8 Å². The summed E-state index contributed by atoms with van der Waals surface area (Å²) in [4.78, 5) is 14.2. The fourth-order valence-electron chi connectivity index (χ4n) is 2.22. The molecule has 0 unspecified atom stereocenters. The number of hydrogen-bond donors (Lipinski definition) is 1. The Morgan fingerprint density at radius 2 is 2.40 bits per heavy atom. The minimum Gasteiger partial charge on any atom is -0.376 e. The molecule has 1 aromatic rings. The highest BCUT2D eigenvalue weighted by Gasteiger charge is 2.14. The summed E-state index contributed by atoms with van der Waals surface area (Å²) < 4.78 is 11.0. The molecular weight excluding hydrogens is 274 g/mol. The Bertz CT molecular complexity index is 413. The zero-order valence-corrected chi connectivity index (χ0v) is 12.8. The maximum absolute atomic E-state index is 11.6. The SMILES string of the molecule is Cc1ccc(CCNC(=O)COC[C@H]2CCCCO2)s1. The topological polar surface area (TPSA) is 47.6 Å². The van der Waals surface area contributed by atoms with Crippen LogP contribution in [0, 0.1) is 6.92 Å². The van der Waals surface area contributed by atoms with Crippen LogP contribution in [0.4, 0.5) is 0 Å². The molecule has 1 aromatic heterocycles. The number of nitrogens with one attached hydrogen (secondary N) is 1. The van der Waals surface area contributed by atoms with Gasteiger partial charge in [0.25, 0.3) is 0 Å². The van der Waals surface area contributed by atoms with Gasteiger partial charge in [0.2, 0.25) is 5.91 Å². The molecule has 1 aliphatic rings. The molecule has 2 heterocycles. The molecule has 0 saturated carbocycles. The Balaban J connectivity index is 1.51. The Hall–Kier alpha value is -0.910. The van der Waals surface area contributed by atoms with Crippen LogP contribution in [-0.2, 0) is 20.7 Å². The predicted molar refractivity (Wildman–Crippen MR) is 80.2 cm³/mol. The van der Waals surface area contributed by atoms with Crippen molar-refractivity contribution in [3.8, 4) is 0 Å². The molecule has 0 aromatic carbocycles. The molecule has 0 bridgehead atoms. The molecule has 20 heavy (non-hydrogen) atoms. The molecule has 1 amide bonds. The minimum absolute atomic E-state index is 0.0471. The average Bonchev–Trinajstić information content (AvgIpc) is 2.86. The van der Waals surface area contributed by atoms with Gasteiger partial charge in [-0.1, -0.05) is 0 Å². The van der Waals surface area contributed by atoms with Crippen LogP contribution in [0.3, 0.4) is 0 Å². The number of carbonyl (C=O) groups excluding carboxylic acids is 1. The Kier molecular flexibility index (Phi) is 6.50. The second-order valence-corrected chi connectivity index (χ2v) is 6.49. The first kappa shape index (κ1) is 15.5. The Morgan fingerprint density at radius 1 is 1.50 bits per heavy atom. The van der Waals surface area contributed by atoms with Crippen molar-refractivity contribution in [3.05, 3.63) is 21.9 Å². The van der Waals surface area contributed by atoms with E-state index >= 15 is 0 Å². The van der Waals surface area contributed by atoms with Crippen molar-refractivity contribution in [2.24, 2.45) is 0 Å². The molecule has 1 fully saturated rings. The van der Waals surface area contributed by atoms with E-state index in [0.717, 1.165) is 25.9 Å². The number of aryl methyl sites for hydroxylation is 1. The number of ether oxygens (including phenoxy) is 2. The lowest BCUT2D eigenvalue weighted by molar-refractivity contribution is -0.127. The van der Waals surface area contributed by atoms with E-state index in [1.807, 2.05) is 0 Å². The maximum Gasteiger partial charge on any atom is 0.246 e. The summed E-state index contributed by atoms with van der Waals surface area (Å²) >= 11 is 1.78. The molecule has 4 nitrogen and oxygen atoms in total. The highest BCUT2D eigenvalue weighted by molar-refractivity contribution is 7.11. The molecule has 0 radical (unpaired) electrons. The highest BCUT2D eigenvalue weighted by atomic mass is 32.1. The third-order valence-corrected chi connectivity index (χ3v) is 4.36. The van der Waals surface area contributed by atoms with Gasteiger partial charge in [-0.2, -0.15) is 0 Å². The number of thiophene rings is 1. The smallest absolute Gasteiger partial charge is 0.246 e. The normalized spacial score (nSPS) is 18.9. The van der Waals surface area contributed by atoms with Crippen molar-refractivity contribution in [3.63, 3.8) is 0 Å². The quantitative estimate of drug-likeness (QED) is 0.840. The molecule has 1 N–H and O–H groups in total. The lowest BCUT2D eigenvalue weighted by atomic mass is 10.1. The summed E-state index contributed by atoms with van der Waals surface area (Å²) in [5.41, 5.74) is 0. The van der Waals surface area contributed by atoms with E-state index in [0.29, 0.717) is 13.2 Å². The van der Waals surface area contributed by atoms with Gasteiger partial charge in [0, 0.05) is 22.9 Å². The fraction of sp³-hybridized carbons (Fsp3) is 0.667. The lowest BCUT2D eigenvalue weighted by Crippen LogP contribution is -2.31. The minimum atomic E-state index is -0.0471. The molecule has 1 saturated heterocycles. The largest absolute Gasteiger partial charge is 0.376 e. The van der Waals surface area contributed by atoms with Gasteiger partial charge in [-0.25, -0.2) is 0 Å². The first-order valence-electron chi connectivity index (χ1n) is 7.25. The number of hydrogen-bond acceptors (Lipinski definition) is 4. The zero-order valence-electron chi connectivity index (χ0n) is 12.0. The Labute approximate surface area is 124 Å².